The molecule has 16 heavy (non-hydrogen) atoms. The summed E-state index contributed by atoms with van der Waals surface area (Å²) in [6, 6.07) is 4.03. The fraction of sp³-hybridized carbons (Fsp3) is 0.417. The van der Waals surface area contributed by atoms with E-state index >= 15 is 0 Å². The zero-order chi connectivity index (χ0) is 12.1. The van der Waals surface area contributed by atoms with Crippen LogP contribution < -0.4 is 5.32 Å². The summed E-state index contributed by atoms with van der Waals surface area (Å²) in [6.07, 6.45) is 1.04. The van der Waals surface area contributed by atoms with Crippen molar-refractivity contribution in [2.75, 3.05) is 11.9 Å². The Labute approximate surface area is 94.3 Å². The van der Waals surface area contributed by atoms with Crippen LogP contribution in [-0.4, -0.2) is 17.6 Å². The van der Waals surface area contributed by atoms with Gasteiger partial charge in [-0.3, -0.25) is 0 Å². The topological polar surface area (TPSA) is 49.3 Å². The van der Waals surface area contributed by atoms with Crippen LogP contribution in [0.5, 0.6) is 0 Å². The van der Waals surface area contributed by atoms with Gasteiger partial charge in [-0.05, 0) is 24.1 Å². The Morgan fingerprint density at radius 3 is 2.81 bits per heavy atom. The summed E-state index contributed by atoms with van der Waals surface area (Å²) in [5, 5.41) is 11.8. The average molecular weight is 225 g/mol. The fourth-order valence-corrected chi connectivity index (χ4v) is 1.24. The van der Waals surface area contributed by atoms with Crippen LogP contribution in [0.4, 0.5) is 10.1 Å². The summed E-state index contributed by atoms with van der Waals surface area (Å²) < 4.78 is 13.1. The first-order chi connectivity index (χ1) is 7.54. The molecule has 1 atom stereocenters. The largest absolute Gasteiger partial charge is 0.478 e. The van der Waals surface area contributed by atoms with Crippen molar-refractivity contribution in [1.29, 1.82) is 0 Å². The third kappa shape index (κ3) is 3.22. The highest BCUT2D eigenvalue weighted by Gasteiger charge is 2.10. The second-order valence-electron chi connectivity index (χ2n) is 3.89. The predicted molar refractivity (Wildman–Crippen MR) is 61.3 cm³/mol. The molecule has 2 N–H and O–H groups in total. The zero-order valence-corrected chi connectivity index (χ0v) is 9.46. The zero-order valence-electron chi connectivity index (χ0n) is 9.46. The summed E-state index contributed by atoms with van der Waals surface area (Å²) in [5.74, 6) is -1.45. The van der Waals surface area contributed by atoms with Gasteiger partial charge >= 0.3 is 5.97 Å². The number of carbonyl (C=O) groups is 1. The SMILES string of the molecule is CCC(C)CNc1ccc(F)c(C(=O)O)c1. The Morgan fingerprint density at radius 1 is 1.56 bits per heavy atom. The van der Waals surface area contributed by atoms with Crippen LogP contribution in [0.2, 0.25) is 0 Å². The molecule has 0 bridgehead atoms. The maximum atomic E-state index is 13.1. The quantitative estimate of drug-likeness (QED) is 0.809. The van der Waals surface area contributed by atoms with E-state index in [0.717, 1.165) is 13.0 Å². The first-order valence-corrected chi connectivity index (χ1v) is 5.31. The maximum absolute atomic E-state index is 13.1. The van der Waals surface area contributed by atoms with Crippen molar-refractivity contribution in [2.24, 2.45) is 5.92 Å². The van der Waals surface area contributed by atoms with Gasteiger partial charge in [-0.25, -0.2) is 9.18 Å². The van der Waals surface area contributed by atoms with Gasteiger partial charge < -0.3 is 10.4 Å². The molecule has 1 aromatic carbocycles. The molecule has 0 amide bonds. The van der Waals surface area contributed by atoms with E-state index in [-0.39, 0.29) is 5.56 Å². The lowest BCUT2D eigenvalue weighted by atomic mass is 10.1. The van der Waals surface area contributed by atoms with E-state index in [1.807, 2.05) is 0 Å². The van der Waals surface area contributed by atoms with E-state index in [1.54, 1.807) is 6.07 Å². The molecule has 0 saturated carbocycles. The summed E-state index contributed by atoms with van der Waals surface area (Å²) >= 11 is 0. The third-order valence-electron chi connectivity index (χ3n) is 2.55. The Hall–Kier alpha value is -1.58. The molecule has 0 fully saturated rings. The number of anilines is 1. The predicted octanol–water partition coefficient (Wildman–Crippen LogP) is 2.98. The summed E-state index contributed by atoms with van der Waals surface area (Å²) in [4.78, 5) is 10.7. The number of halogens is 1. The number of carboxylic acid groups (broad SMARTS) is 1. The minimum Gasteiger partial charge on any atom is -0.478 e. The van der Waals surface area contributed by atoms with Crippen LogP contribution in [0.1, 0.15) is 30.6 Å². The molecule has 0 radical (unpaired) electrons. The third-order valence-corrected chi connectivity index (χ3v) is 2.55. The van der Waals surface area contributed by atoms with Crippen molar-refractivity contribution in [2.45, 2.75) is 20.3 Å². The average Bonchev–Trinajstić information content (AvgIpc) is 2.27. The highest BCUT2D eigenvalue weighted by atomic mass is 19.1. The highest BCUT2D eigenvalue weighted by molar-refractivity contribution is 5.89. The first kappa shape index (κ1) is 12.5. The van der Waals surface area contributed by atoms with Crippen molar-refractivity contribution in [3.05, 3.63) is 29.6 Å². The lowest BCUT2D eigenvalue weighted by Crippen LogP contribution is -2.11. The van der Waals surface area contributed by atoms with E-state index < -0.39 is 11.8 Å². The molecule has 0 aliphatic heterocycles. The number of aromatic carboxylic acids is 1. The number of rotatable bonds is 5. The second kappa shape index (κ2) is 5.49. The van der Waals surface area contributed by atoms with Gasteiger partial charge in [0.25, 0.3) is 0 Å². The molecule has 3 nitrogen and oxygen atoms in total. The molecule has 1 aromatic rings. The highest BCUT2D eigenvalue weighted by Crippen LogP contribution is 2.15. The molecule has 0 aromatic heterocycles. The number of benzene rings is 1. The van der Waals surface area contributed by atoms with Crippen LogP contribution in [0.15, 0.2) is 18.2 Å². The van der Waals surface area contributed by atoms with Crippen molar-refractivity contribution in [3.8, 4) is 0 Å². The Morgan fingerprint density at radius 2 is 2.25 bits per heavy atom. The molecule has 1 unspecified atom stereocenters. The Kier molecular flexibility index (Phi) is 4.28. The fourth-order valence-electron chi connectivity index (χ4n) is 1.24. The van der Waals surface area contributed by atoms with Gasteiger partial charge in [0.05, 0.1) is 5.56 Å². The lowest BCUT2D eigenvalue weighted by molar-refractivity contribution is 0.0692. The summed E-state index contributed by atoms with van der Waals surface area (Å²) in [7, 11) is 0. The summed E-state index contributed by atoms with van der Waals surface area (Å²) in [5.41, 5.74) is 0.341. The van der Waals surface area contributed by atoms with Crippen molar-refractivity contribution in [3.63, 3.8) is 0 Å². The van der Waals surface area contributed by atoms with Crippen LogP contribution in [0.3, 0.4) is 0 Å². The van der Waals surface area contributed by atoms with Crippen molar-refractivity contribution < 1.29 is 14.3 Å². The standard InChI is InChI=1S/C12H16FNO2/c1-3-8(2)7-14-9-4-5-11(13)10(6-9)12(15)16/h4-6,8,14H,3,7H2,1-2H3,(H,15,16). The monoisotopic (exact) mass is 225 g/mol. The lowest BCUT2D eigenvalue weighted by Gasteiger charge is -2.11. The van der Waals surface area contributed by atoms with E-state index in [1.165, 1.54) is 12.1 Å². The number of hydrogen-bond acceptors (Lipinski definition) is 2. The van der Waals surface area contributed by atoms with E-state index in [0.29, 0.717) is 11.6 Å². The molecule has 0 spiro atoms. The molecule has 1 rings (SSSR count). The number of nitrogens with one attached hydrogen (secondary N) is 1. The van der Waals surface area contributed by atoms with Gasteiger partial charge in [-0.1, -0.05) is 20.3 Å². The second-order valence-corrected chi connectivity index (χ2v) is 3.89. The van der Waals surface area contributed by atoms with Crippen LogP contribution in [-0.2, 0) is 0 Å². The van der Waals surface area contributed by atoms with Gasteiger partial charge in [0.1, 0.15) is 5.82 Å². The molecule has 4 heteroatoms. The first-order valence-electron chi connectivity index (χ1n) is 5.31. The van der Waals surface area contributed by atoms with Crippen LogP contribution >= 0.6 is 0 Å². The van der Waals surface area contributed by atoms with E-state index in [4.69, 9.17) is 5.11 Å². The number of carboxylic acids is 1. The van der Waals surface area contributed by atoms with Crippen molar-refractivity contribution >= 4 is 11.7 Å². The molecule has 0 heterocycles. The van der Waals surface area contributed by atoms with Crippen LogP contribution in [0.25, 0.3) is 0 Å². The van der Waals surface area contributed by atoms with Crippen LogP contribution in [0, 0.1) is 11.7 Å². The maximum Gasteiger partial charge on any atom is 0.338 e. The molecule has 0 aliphatic rings. The Bertz CT molecular complexity index is 379. The normalized spacial score (nSPS) is 12.2. The minimum atomic E-state index is -1.25. The Balaban J connectivity index is 2.75. The van der Waals surface area contributed by atoms with Gasteiger partial charge in [-0.15, -0.1) is 0 Å². The van der Waals surface area contributed by atoms with Crippen molar-refractivity contribution in [1.82, 2.24) is 0 Å². The van der Waals surface area contributed by atoms with Gasteiger partial charge in [0, 0.05) is 12.2 Å². The van der Waals surface area contributed by atoms with Gasteiger partial charge in [0.2, 0.25) is 0 Å². The molecular formula is C12H16FNO2. The minimum absolute atomic E-state index is 0.297. The van der Waals surface area contributed by atoms with Gasteiger partial charge in [0.15, 0.2) is 0 Å². The number of hydrogen-bond donors (Lipinski definition) is 2. The molecule has 88 valence electrons. The summed E-state index contributed by atoms with van der Waals surface area (Å²) in [6.45, 7) is 4.93. The smallest absolute Gasteiger partial charge is 0.338 e. The van der Waals surface area contributed by atoms with E-state index in [2.05, 4.69) is 19.2 Å². The molecule has 0 aliphatic carbocycles. The molecular weight excluding hydrogens is 209 g/mol. The molecule has 0 saturated heterocycles. The van der Waals surface area contributed by atoms with E-state index in [9.17, 15) is 9.18 Å². The van der Waals surface area contributed by atoms with Gasteiger partial charge in [-0.2, -0.15) is 0 Å².